The van der Waals surface area contributed by atoms with Crippen LogP contribution in [-0.2, 0) is 10.9 Å². The van der Waals surface area contributed by atoms with Gasteiger partial charge in [-0.25, -0.2) is 4.98 Å². The molecule has 0 saturated heterocycles. The van der Waals surface area contributed by atoms with E-state index < -0.39 is 11.9 Å². The fourth-order valence-corrected chi connectivity index (χ4v) is 1.94. The Hall–Kier alpha value is -1.30. The molecule has 18 heavy (non-hydrogen) atoms. The standard InChI is InChI=1S/C12H15F3N2O/c1-2-18-10-5-9(6-10)17-8-3-4-11(16-7-8)12(13,14)15/h3-4,7,9-10,17H,2,5-6H2,1H3. The third kappa shape index (κ3) is 3.13. The predicted octanol–water partition coefficient (Wildman–Crippen LogP) is 3.08. The van der Waals surface area contributed by atoms with Crippen molar-refractivity contribution in [2.45, 2.75) is 38.1 Å². The number of anilines is 1. The number of pyridine rings is 1. The Morgan fingerprint density at radius 1 is 1.39 bits per heavy atom. The van der Waals surface area contributed by atoms with Crippen LogP contribution in [0.1, 0.15) is 25.5 Å². The second-order valence-corrected chi connectivity index (χ2v) is 4.32. The molecule has 0 radical (unpaired) electrons. The smallest absolute Gasteiger partial charge is 0.381 e. The van der Waals surface area contributed by atoms with Gasteiger partial charge in [0.1, 0.15) is 5.69 Å². The van der Waals surface area contributed by atoms with Gasteiger partial charge in [-0.1, -0.05) is 0 Å². The van der Waals surface area contributed by atoms with E-state index in [4.69, 9.17) is 4.74 Å². The summed E-state index contributed by atoms with van der Waals surface area (Å²) >= 11 is 0. The first-order chi connectivity index (χ1) is 8.49. The van der Waals surface area contributed by atoms with E-state index in [2.05, 4.69) is 10.3 Å². The second-order valence-electron chi connectivity index (χ2n) is 4.32. The first kappa shape index (κ1) is 13.1. The summed E-state index contributed by atoms with van der Waals surface area (Å²) in [5.74, 6) is 0. The molecule has 3 nitrogen and oxygen atoms in total. The van der Waals surface area contributed by atoms with E-state index in [0.717, 1.165) is 18.9 Å². The van der Waals surface area contributed by atoms with Gasteiger partial charge in [0.15, 0.2) is 0 Å². The van der Waals surface area contributed by atoms with E-state index in [1.165, 1.54) is 12.3 Å². The summed E-state index contributed by atoms with van der Waals surface area (Å²) < 4.78 is 42.3. The monoisotopic (exact) mass is 260 g/mol. The Labute approximate surface area is 103 Å². The van der Waals surface area contributed by atoms with Gasteiger partial charge in [0, 0.05) is 12.6 Å². The zero-order valence-corrected chi connectivity index (χ0v) is 10.00. The Morgan fingerprint density at radius 2 is 2.11 bits per heavy atom. The summed E-state index contributed by atoms with van der Waals surface area (Å²) in [6.45, 7) is 2.64. The molecule has 1 saturated carbocycles. The predicted molar refractivity (Wildman–Crippen MR) is 61.3 cm³/mol. The molecule has 1 N–H and O–H groups in total. The normalized spacial score (nSPS) is 23.6. The highest BCUT2D eigenvalue weighted by atomic mass is 19.4. The lowest BCUT2D eigenvalue weighted by atomic mass is 9.89. The van der Waals surface area contributed by atoms with Crippen molar-refractivity contribution in [3.63, 3.8) is 0 Å². The molecular formula is C12H15F3N2O. The number of hydrogen-bond acceptors (Lipinski definition) is 3. The van der Waals surface area contributed by atoms with Crippen molar-refractivity contribution in [1.82, 2.24) is 4.98 Å². The van der Waals surface area contributed by atoms with Crippen LogP contribution >= 0.6 is 0 Å². The molecule has 2 rings (SSSR count). The minimum Gasteiger partial charge on any atom is -0.381 e. The van der Waals surface area contributed by atoms with Crippen LogP contribution in [0.2, 0.25) is 0 Å². The van der Waals surface area contributed by atoms with Gasteiger partial charge >= 0.3 is 6.18 Å². The van der Waals surface area contributed by atoms with Crippen LogP contribution in [-0.4, -0.2) is 23.7 Å². The van der Waals surface area contributed by atoms with Gasteiger partial charge in [-0.05, 0) is 31.9 Å². The van der Waals surface area contributed by atoms with Crippen LogP contribution in [0.3, 0.4) is 0 Å². The van der Waals surface area contributed by atoms with Gasteiger partial charge in [0.2, 0.25) is 0 Å². The maximum Gasteiger partial charge on any atom is 0.433 e. The molecule has 1 aliphatic carbocycles. The largest absolute Gasteiger partial charge is 0.433 e. The van der Waals surface area contributed by atoms with Gasteiger partial charge in [-0.2, -0.15) is 13.2 Å². The third-order valence-electron chi connectivity index (χ3n) is 2.92. The van der Waals surface area contributed by atoms with Crippen molar-refractivity contribution in [3.05, 3.63) is 24.0 Å². The van der Waals surface area contributed by atoms with E-state index in [0.29, 0.717) is 12.3 Å². The molecule has 0 aliphatic heterocycles. The van der Waals surface area contributed by atoms with E-state index in [1.54, 1.807) is 0 Å². The number of aromatic nitrogens is 1. The number of halogens is 3. The molecule has 0 aromatic carbocycles. The molecule has 6 heteroatoms. The lowest BCUT2D eigenvalue weighted by Crippen LogP contribution is -2.40. The van der Waals surface area contributed by atoms with Crippen molar-refractivity contribution >= 4 is 5.69 Å². The molecule has 0 atom stereocenters. The number of alkyl halides is 3. The molecule has 1 heterocycles. The first-order valence-electron chi connectivity index (χ1n) is 5.90. The zero-order valence-electron chi connectivity index (χ0n) is 10.00. The summed E-state index contributed by atoms with van der Waals surface area (Å²) in [7, 11) is 0. The van der Waals surface area contributed by atoms with Crippen molar-refractivity contribution < 1.29 is 17.9 Å². The van der Waals surface area contributed by atoms with Crippen molar-refractivity contribution in [2.75, 3.05) is 11.9 Å². The average molecular weight is 260 g/mol. The van der Waals surface area contributed by atoms with Crippen molar-refractivity contribution in [3.8, 4) is 0 Å². The fourth-order valence-electron chi connectivity index (χ4n) is 1.94. The number of rotatable bonds is 4. The molecule has 1 fully saturated rings. The maximum absolute atomic E-state index is 12.3. The maximum atomic E-state index is 12.3. The van der Waals surface area contributed by atoms with Crippen molar-refractivity contribution in [2.24, 2.45) is 0 Å². The van der Waals surface area contributed by atoms with Crippen LogP contribution < -0.4 is 5.32 Å². The van der Waals surface area contributed by atoms with Crippen LogP contribution in [0.15, 0.2) is 18.3 Å². The van der Waals surface area contributed by atoms with Gasteiger partial charge in [-0.15, -0.1) is 0 Å². The van der Waals surface area contributed by atoms with E-state index >= 15 is 0 Å². The van der Waals surface area contributed by atoms with Crippen molar-refractivity contribution in [1.29, 1.82) is 0 Å². The highest BCUT2D eigenvalue weighted by molar-refractivity contribution is 5.42. The summed E-state index contributed by atoms with van der Waals surface area (Å²) in [5, 5.41) is 3.14. The number of nitrogens with one attached hydrogen (secondary N) is 1. The highest BCUT2D eigenvalue weighted by Crippen LogP contribution is 2.29. The third-order valence-corrected chi connectivity index (χ3v) is 2.92. The minimum atomic E-state index is -4.38. The van der Waals surface area contributed by atoms with Gasteiger partial charge in [-0.3, -0.25) is 0 Å². The van der Waals surface area contributed by atoms with Crippen LogP contribution in [0.4, 0.5) is 18.9 Å². The molecule has 1 aliphatic rings. The molecule has 0 amide bonds. The highest BCUT2D eigenvalue weighted by Gasteiger charge is 2.32. The van der Waals surface area contributed by atoms with Crippen LogP contribution in [0, 0.1) is 0 Å². The Bertz CT molecular complexity index is 385. The Balaban J connectivity index is 1.85. The fraction of sp³-hybridized carbons (Fsp3) is 0.583. The van der Waals surface area contributed by atoms with E-state index in [-0.39, 0.29) is 12.1 Å². The second kappa shape index (κ2) is 5.14. The molecule has 0 bridgehead atoms. The molecule has 1 aromatic rings. The van der Waals surface area contributed by atoms with Gasteiger partial charge < -0.3 is 10.1 Å². The molecule has 0 unspecified atom stereocenters. The van der Waals surface area contributed by atoms with E-state index in [9.17, 15) is 13.2 Å². The number of nitrogens with zero attached hydrogens (tertiary/aromatic N) is 1. The van der Waals surface area contributed by atoms with Crippen LogP contribution in [0.25, 0.3) is 0 Å². The number of ether oxygens (including phenoxy) is 1. The first-order valence-corrected chi connectivity index (χ1v) is 5.90. The quantitative estimate of drug-likeness (QED) is 0.903. The molecule has 0 spiro atoms. The zero-order chi connectivity index (χ0) is 13.2. The summed E-state index contributed by atoms with van der Waals surface area (Å²) in [6.07, 6.45) is -1.12. The van der Waals surface area contributed by atoms with Crippen LogP contribution in [0.5, 0.6) is 0 Å². The van der Waals surface area contributed by atoms with Gasteiger partial charge in [0.25, 0.3) is 0 Å². The number of hydrogen-bond donors (Lipinski definition) is 1. The molecular weight excluding hydrogens is 245 g/mol. The van der Waals surface area contributed by atoms with Gasteiger partial charge in [0.05, 0.1) is 18.0 Å². The Kier molecular flexibility index (Phi) is 3.75. The lowest BCUT2D eigenvalue weighted by Gasteiger charge is -2.35. The average Bonchev–Trinajstić information content (AvgIpc) is 2.26. The summed E-state index contributed by atoms with van der Waals surface area (Å²) in [5.41, 5.74) is -0.253. The minimum absolute atomic E-state index is 0.264. The Morgan fingerprint density at radius 3 is 2.61 bits per heavy atom. The molecule has 100 valence electrons. The SMILES string of the molecule is CCOC1CC(Nc2ccc(C(F)(F)F)nc2)C1. The topological polar surface area (TPSA) is 34.1 Å². The lowest BCUT2D eigenvalue weighted by molar-refractivity contribution is -0.141. The van der Waals surface area contributed by atoms with E-state index in [1.807, 2.05) is 6.92 Å². The summed E-state index contributed by atoms with van der Waals surface area (Å²) in [4.78, 5) is 3.40. The summed E-state index contributed by atoms with van der Waals surface area (Å²) in [6, 6.07) is 2.66. The molecule has 1 aromatic heterocycles.